The van der Waals surface area contributed by atoms with E-state index in [0.29, 0.717) is 64.5 Å². The van der Waals surface area contributed by atoms with E-state index in [0.717, 1.165) is 58.8 Å². The van der Waals surface area contributed by atoms with Crippen LogP contribution in [0.3, 0.4) is 0 Å². The van der Waals surface area contributed by atoms with Gasteiger partial charge in [-0.3, -0.25) is 15.5 Å². The highest BCUT2D eigenvalue weighted by atomic mass is 16.6. The monoisotopic (exact) mass is 515 g/mol. The third-order valence-electron chi connectivity index (χ3n) is 7.11. The minimum absolute atomic E-state index is 0.0637. The molecule has 10 nitrogen and oxygen atoms in total. The Labute approximate surface area is 218 Å². The van der Waals surface area contributed by atoms with Crippen LogP contribution < -0.4 is 16.9 Å². The van der Waals surface area contributed by atoms with Gasteiger partial charge in [-0.25, -0.2) is 5.01 Å². The van der Waals surface area contributed by atoms with E-state index in [-0.39, 0.29) is 5.91 Å². The van der Waals surface area contributed by atoms with Crippen LogP contribution in [0.2, 0.25) is 0 Å². The quantitative estimate of drug-likeness (QED) is 0.181. The van der Waals surface area contributed by atoms with Crippen molar-refractivity contribution in [3.05, 3.63) is 0 Å². The van der Waals surface area contributed by atoms with Crippen LogP contribution in [0.15, 0.2) is 0 Å². The molecule has 0 aromatic carbocycles. The molecular weight excluding hydrogens is 462 g/mol. The van der Waals surface area contributed by atoms with Crippen LogP contribution in [0.1, 0.15) is 51.4 Å². The van der Waals surface area contributed by atoms with Gasteiger partial charge in [0.15, 0.2) is 0 Å². The average Bonchev–Trinajstić information content (AvgIpc) is 3.00. The van der Waals surface area contributed by atoms with Crippen LogP contribution in [-0.2, 0) is 23.7 Å². The minimum atomic E-state index is 0.0637. The Morgan fingerprint density at radius 2 is 1.31 bits per heavy atom. The number of hydrogen-bond acceptors (Lipinski definition) is 9. The number of nitrogens with one attached hydrogen (secondary N) is 1. The smallest absolute Gasteiger partial charge is 0.222 e. The van der Waals surface area contributed by atoms with Crippen LogP contribution in [0, 0.1) is 11.8 Å². The molecule has 2 aliphatic rings. The molecule has 2 rings (SSSR count). The van der Waals surface area contributed by atoms with Crippen molar-refractivity contribution in [2.75, 3.05) is 98.7 Å². The largest absolute Gasteiger partial charge is 0.379 e. The number of amides is 1. The SMILES string of the molecule is NCC1CCCCCCC(CNC(=O)CCOCCOCCOCCOCCN2CCN(N)CC2)C1. The number of hydrazine groups is 1. The number of hydrogen-bond donors (Lipinski definition) is 3. The number of nitrogens with two attached hydrogens (primary N) is 2. The van der Waals surface area contributed by atoms with Crippen LogP contribution in [0.4, 0.5) is 0 Å². The second kappa shape index (κ2) is 21.1. The van der Waals surface area contributed by atoms with Crippen LogP contribution >= 0.6 is 0 Å². The molecule has 36 heavy (non-hydrogen) atoms. The third kappa shape index (κ3) is 16.1. The lowest BCUT2D eigenvalue weighted by Crippen LogP contribution is -2.50. The summed E-state index contributed by atoms with van der Waals surface area (Å²) in [6, 6.07) is 0. The number of nitrogens with zero attached hydrogens (tertiary/aromatic N) is 2. The number of rotatable bonds is 18. The summed E-state index contributed by atoms with van der Waals surface area (Å²) >= 11 is 0. The molecule has 0 radical (unpaired) electrons. The highest BCUT2D eigenvalue weighted by molar-refractivity contribution is 5.75. The van der Waals surface area contributed by atoms with E-state index in [1.54, 1.807) is 0 Å². The van der Waals surface area contributed by atoms with Gasteiger partial charge in [0.25, 0.3) is 0 Å². The summed E-state index contributed by atoms with van der Waals surface area (Å²) < 4.78 is 22.2. The van der Waals surface area contributed by atoms with Crippen molar-refractivity contribution in [3.63, 3.8) is 0 Å². The lowest BCUT2D eigenvalue weighted by molar-refractivity contribution is -0.122. The third-order valence-corrected chi connectivity index (χ3v) is 7.11. The van der Waals surface area contributed by atoms with Crippen LogP contribution in [0.5, 0.6) is 0 Å². The van der Waals surface area contributed by atoms with Crippen molar-refractivity contribution in [1.29, 1.82) is 0 Å². The number of piperazine rings is 1. The molecule has 2 fully saturated rings. The van der Waals surface area contributed by atoms with Crippen molar-refractivity contribution >= 4 is 5.91 Å². The molecule has 1 aliphatic carbocycles. The molecule has 212 valence electrons. The van der Waals surface area contributed by atoms with E-state index in [1.165, 1.54) is 38.5 Å². The predicted molar refractivity (Wildman–Crippen MR) is 141 cm³/mol. The standard InChI is InChI=1S/C26H53N5O5/c27-22-24-5-3-1-2-4-6-25(21-24)23-29-26(32)7-13-33-15-17-35-19-20-36-18-16-34-14-12-30-8-10-31(28)11-9-30/h24-25H,1-23,27-28H2,(H,29,32). The second-order valence-corrected chi connectivity index (χ2v) is 10.1. The van der Waals surface area contributed by atoms with E-state index >= 15 is 0 Å². The molecule has 5 N–H and O–H groups in total. The Balaban J connectivity index is 1.32. The summed E-state index contributed by atoms with van der Waals surface area (Å²) in [5.74, 6) is 6.96. The van der Waals surface area contributed by atoms with E-state index in [2.05, 4.69) is 10.2 Å². The molecule has 0 aromatic heterocycles. The van der Waals surface area contributed by atoms with Gasteiger partial charge in [-0.15, -0.1) is 0 Å². The van der Waals surface area contributed by atoms with Gasteiger partial charge in [-0.1, -0.05) is 25.7 Å². The Hall–Kier alpha value is -0.850. The molecule has 2 unspecified atom stereocenters. The highest BCUT2D eigenvalue weighted by Crippen LogP contribution is 2.25. The molecule has 1 aliphatic heterocycles. The maximum atomic E-state index is 12.2. The maximum Gasteiger partial charge on any atom is 0.222 e. The van der Waals surface area contributed by atoms with E-state index in [1.807, 2.05) is 5.01 Å². The molecule has 0 spiro atoms. The number of ether oxygens (including phenoxy) is 4. The normalized spacial score (nSPS) is 22.6. The first kappa shape index (κ1) is 31.4. The van der Waals surface area contributed by atoms with Gasteiger partial charge >= 0.3 is 0 Å². The number of carbonyl (C=O) groups excluding carboxylic acids is 1. The zero-order valence-electron chi connectivity index (χ0n) is 22.5. The van der Waals surface area contributed by atoms with Gasteiger partial charge in [0, 0.05) is 45.7 Å². The fourth-order valence-electron chi connectivity index (χ4n) is 4.78. The molecule has 1 saturated heterocycles. The summed E-state index contributed by atoms with van der Waals surface area (Å²) in [5.41, 5.74) is 5.95. The zero-order valence-corrected chi connectivity index (χ0v) is 22.5. The number of carbonyl (C=O) groups is 1. The van der Waals surface area contributed by atoms with Crippen molar-refractivity contribution in [2.24, 2.45) is 23.4 Å². The van der Waals surface area contributed by atoms with Crippen molar-refractivity contribution in [1.82, 2.24) is 15.2 Å². The molecule has 1 amide bonds. The second-order valence-electron chi connectivity index (χ2n) is 10.1. The van der Waals surface area contributed by atoms with Gasteiger partial charge in [0.2, 0.25) is 5.91 Å². The summed E-state index contributed by atoms with van der Waals surface area (Å²) in [4.78, 5) is 14.5. The van der Waals surface area contributed by atoms with Crippen molar-refractivity contribution < 1.29 is 23.7 Å². The van der Waals surface area contributed by atoms with Crippen molar-refractivity contribution in [3.8, 4) is 0 Å². The van der Waals surface area contributed by atoms with Gasteiger partial charge in [-0.2, -0.15) is 0 Å². The summed E-state index contributed by atoms with van der Waals surface area (Å²) in [6.45, 7) is 10.6. The van der Waals surface area contributed by atoms with Gasteiger partial charge in [0.05, 0.1) is 52.9 Å². The Bertz CT molecular complexity index is 537. The lowest BCUT2D eigenvalue weighted by Gasteiger charge is -2.31. The Morgan fingerprint density at radius 3 is 1.92 bits per heavy atom. The predicted octanol–water partition coefficient (Wildman–Crippen LogP) is 0.986. The van der Waals surface area contributed by atoms with E-state index < -0.39 is 0 Å². The van der Waals surface area contributed by atoms with E-state index in [9.17, 15) is 4.79 Å². The fourth-order valence-corrected chi connectivity index (χ4v) is 4.78. The van der Waals surface area contributed by atoms with Gasteiger partial charge < -0.3 is 30.0 Å². The average molecular weight is 516 g/mol. The summed E-state index contributed by atoms with van der Waals surface area (Å²) in [6.07, 6.45) is 9.10. The minimum Gasteiger partial charge on any atom is -0.379 e. The summed E-state index contributed by atoms with van der Waals surface area (Å²) in [7, 11) is 0. The molecule has 1 heterocycles. The fraction of sp³-hybridized carbons (Fsp3) is 0.962. The van der Waals surface area contributed by atoms with Gasteiger partial charge in [-0.05, 0) is 37.6 Å². The molecular formula is C26H53N5O5. The van der Waals surface area contributed by atoms with Gasteiger partial charge in [0.1, 0.15) is 0 Å². The molecule has 0 aromatic rings. The zero-order chi connectivity index (χ0) is 25.7. The molecule has 1 saturated carbocycles. The topological polar surface area (TPSA) is 125 Å². The first-order chi connectivity index (χ1) is 17.7. The Kier molecular flexibility index (Phi) is 18.4. The molecule has 10 heteroatoms. The van der Waals surface area contributed by atoms with Crippen LogP contribution in [-0.4, -0.2) is 114 Å². The van der Waals surface area contributed by atoms with Crippen molar-refractivity contribution in [2.45, 2.75) is 51.4 Å². The first-order valence-corrected chi connectivity index (χ1v) is 14.2. The van der Waals surface area contributed by atoms with Crippen LogP contribution in [0.25, 0.3) is 0 Å². The highest BCUT2D eigenvalue weighted by Gasteiger charge is 2.18. The summed E-state index contributed by atoms with van der Waals surface area (Å²) in [5, 5.41) is 4.96. The van der Waals surface area contributed by atoms with E-state index in [4.69, 9.17) is 30.5 Å². The molecule has 0 bridgehead atoms. The Morgan fingerprint density at radius 1 is 0.750 bits per heavy atom. The first-order valence-electron chi connectivity index (χ1n) is 14.2. The maximum absolute atomic E-state index is 12.2. The lowest BCUT2D eigenvalue weighted by atomic mass is 9.89. The molecule has 2 atom stereocenters.